The van der Waals surface area contributed by atoms with Gasteiger partial charge in [-0.3, -0.25) is 9.59 Å². The Kier molecular flexibility index (Phi) is 24.7. The molecule has 3 aromatic rings. The van der Waals surface area contributed by atoms with E-state index in [0.29, 0.717) is 11.1 Å². The number of esters is 5. The fourth-order valence-corrected chi connectivity index (χ4v) is 10.5. The van der Waals surface area contributed by atoms with Crippen molar-refractivity contribution in [3.63, 3.8) is 0 Å². The minimum absolute atomic E-state index is 0.113. The van der Waals surface area contributed by atoms with Crippen LogP contribution in [0.4, 0.5) is 0 Å². The first-order chi connectivity index (χ1) is 43.9. The average Bonchev–Trinajstić information content (AvgIpc) is 1.36. The summed E-state index contributed by atoms with van der Waals surface area (Å²) < 4.78 is 84.1. The number of ether oxygens (including phenoxy) is 14. The van der Waals surface area contributed by atoms with Crippen molar-refractivity contribution in [1.29, 1.82) is 0 Å². The van der Waals surface area contributed by atoms with Crippen molar-refractivity contribution in [3.8, 4) is 11.5 Å². The molecule has 0 radical (unpaired) electrons. The molecule has 0 unspecified atom stereocenters. The molecule has 506 valence electrons. The molecule has 5 heterocycles. The predicted octanol–water partition coefficient (Wildman–Crippen LogP) is -4.98. The maximum Gasteiger partial charge on any atom is 0.338 e. The molecule has 0 spiro atoms. The van der Waals surface area contributed by atoms with Crippen LogP contribution in [0.5, 0.6) is 11.5 Å². The minimum Gasteiger partial charge on any atom is -0.508 e. The number of phenols is 2. The molecule has 0 amide bonds. The van der Waals surface area contributed by atoms with E-state index in [9.17, 15) is 95.5 Å². The third-order valence-electron chi connectivity index (χ3n) is 15.2. The molecule has 8 rings (SSSR count). The zero-order valence-corrected chi connectivity index (χ0v) is 48.9. The van der Waals surface area contributed by atoms with E-state index >= 15 is 0 Å². The molecule has 33 heteroatoms. The Hall–Kier alpha value is -6.75. The third kappa shape index (κ3) is 17.0. The fraction of sp³-hybridized carbons (Fsp3) is 0.542. The number of benzene rings is 3. The highest BCUT2D eigenvalue weighted by Gasteiger charge is 2.65. The molecule has 14 N–H and O–H groups in total. The minimum atomic E-state index is -3.00. The van der Waals surface area contributed by atoms with Gasteiger partial charge in [0, 0.05) is 26.0 Å². The van der Waals surface area contributed by atoms with Crippen molar-refractivity contribution in [1.82, 2.24) is 0 Å². The summed E-state index contributed by atoms with van der Waals surface area (Å²) in [6.45, 7) is -4.75. The van der Waals surface area contributed by atoms with Gasteiger partial charge in [-0.15, -0.1) is 0 Å². The Bertz CT molecular complexity index is 2970. The van der Waals surface area contributed by atoms with Gasteiger partial charge >= 0.3 is 29.8 Å². The van der Waals surface area contributed by atoms with Crippen molar-refractivity contribution in [2.45, 2.75) is 161 Å². The van der Waals surface area contributed by atoms with Gasteiger partial charge in [-0.1, -0.05) is 42.5 Å². The predicted molar refractivity (Wildman–Crippen MR) is 297 cm³/mol. The van der Waals surface area contributed by atoms with E-state index in [4.69, 9.17) is 66.3 Å². The van der Waals surface area contributed by atoms with Crippen LogP contribution in [0.2, 0.25) is 0 Å². The van der Waals surface area contributed by atoms with Gasteiger partial charge in [0.1, 0.15) is 122 Å². The Balaban J connectivity index is 1.30. The summed E-state index contributed by atoms with van der Waals surface area (Å²) >= 11 is 0. The lowest BCUT2D eigenvalue weighted by Crippen LogP contribution is -2.70. The summed E-state index contributed by atoms with van der Waals surface area (Å²) in [6.07, 6.45) is -45.2. The molecule has 0 saturated carbocycles. The molecule has 92 heavy (non-hydrogen) atoms. The van der Waals surface area contributed by atoms with Crippen LogP contribution in [0, 0.1) is 0 Å². The van der Waals surface area contributed by atoms with E-state index in [-0.39, 0.29) is 17.1 Å². The van der Waals surface area contributed by atoms with Crippen LogP contribution in [0.3, 0.4) is 0 Å². The van der Waals surface area contributed by atoms with Crippen LogP contribution in [0.25, 0.3) is 12.2 Å². The second-order valence-electron chi connectivity index (χ2n) is 21.6. The molecule has 0 aromatic heterocycles. The van der Waals surface area contributed by atoms with E-state index in [1.54, 1.807) is 6.07 Å². The second kappa shape index (κ2) is 31.9. The summed E-state index contributed by atoms with van der Waals surface area (Å²) in [5.41, 5.74) is 0.509. The van der Waals surface area contributed by atoms with E-state index in [1.807, 2.05) is 0 Å². The lowest BCUT2D eigenvalue weighted by molar-refractivity contribution is -0.423. The summed E-state index contributed by atoms with van der Waals surface area (Å²) in [5.74, 6) is -9.08. The monoisotopic (exact) mass is 1310 g/mol. The van der Waals surface area contributed by atoms with Crippen molar-refractivity contribution in [3.05, 3.63) is 108 Å². The maximum atomic E-state index is 14.3. The Morgan fingerprint density at radius 2 is 0.935 bits per heavy atom. The normalized spacial score (nSPS) is 36.5. The smallest absolute Gasteiger partial charge is 0.338 e. The van der Waals surface area contributed by atoms with Gasteiger partial charge in [0.05, 0.1) is 32.0 Å². The molecule has 0 bridgehead atoms. The van der Waals surface area contributed by atoms with E-state index < -0.39 is 216 Å². The van der Waals surface area contributed by atoms with Crippen LogP contribution < -0.4 is 0 Å². The van der Waals surface area contributed by atoms with Gasteiger partial charge in [-0.25, -0.2) is 14.4 Å². The molecule has 3 aromatic carbocycles. The zero-order chi connectivity index (χ0) is 66.7. The molecular weight excluding hydrogens is 1240 g/mol. The van der Waals surface area contributed by atoms with E-state index in [1.165, 1.54) is 84.9 Å². The SMILES string of the molecule is CC(=O)OC[C@H]1O[C@H](O[C@]2(COC(=O)/C=C/c3ccc(O)cc3)O[C@H](CO)[C@@H](O)[C@H]2OC(=O)c2ccccc2)[C@H](O[C@@H]2O[C@H](CO)[C@@H](O)[C@H](O)[C@H]2O)[C@@H](O[C@H]2O[C@H](CO)[C@@H](OC(C)=O)[C@H](O[C@H]3O[C@H](CO)[C@@H](O)[C@H](O)[C@H]3O)[C@H]2O)[C@@H]1OC(=O)/C=C/c1ccc(O)cc1. The number of aliphatic hydroxyl groups is 12. The highest BCUT2D eigenvalue weighted by Crippen LogP contribution is 2.43. The van der Waals surface area contributed by atoms with Crippen molar-refractivity contribution in [2.24, 2.45) is 0 Å². The Morgan fingerprint density at radius 1 is 0.457 bits per heavy atom. The molecule has 33 nitrogen and oxygen atoms in total. The van der Waals surface area contributed by atoms with Crippen LogP contribution >= 0.6 is 0 Å². The van der Waals surface area contributed by atoms with Gasteiger partial charge in [0.15, 0.2) is 43.5 Å². The number of hydrogen-bond donors (Lipinski definition) is 14. The van der Waals surface area contributed by atoms with Crippen LogP contribution in [-0.4, -0.2) is 288 Å². The first-order valence-corrected chi connectivity index (χ1v) is 28.6. The number of carbonyl (C=O) groups is 5. The molecule has 24 atom stereocenters. The number of aliphatic hydroxyl groups excluding tert-OH is 12. The van der Waals surface area contributed by atoms with Crippen LogP contribution in [-0.2, 0) is 85.5 Å². The Labute approximate surface area is 522 Å². The van der Waals surface area contributed by atoms with E-state index in [2.05, 4.69) is 0 Å². The number of aromatic hydroxyl groups is 2. The van der Waals surface area contributed by atoms with Gasteiger partial charge in [0.2, 0.25) is 5.79 Å². The summed E-state index contributed by atoms with van der Waals surface area (Å²) in [6, 6.07) is 17.9. The average molecular weight is 1310 g/mol. The lowest BCUT2D eigenvalue weighted by Gasteiger charge is -2.51. The number of hydrogen-bond acceptors (Lipinski definition) is 33. The topological polar surface area (TPSA) is 498 Å². The fourth-order valence-electron chi connectivity index (χ4n) is 10.5. The molecule has 5 saturated heterocycles. The highest BCUT2D eigenvalue weighted by atomic mass is 16.8. The van der Waals surface area contributed by atoms with Crippen LogP contribution in [0.1, 0.15) is 35.3 Å². The van der Waals surface area contributed by atoms with Gasteiger partial charge in [-0.2, -0.15) is 0 Å². The summed E-state index contributed by atoms with van der Waals surface area (Å²) in [5, 5.41) is 152. The molecule has 5 aliphatic rings. The standard InChI is InChI=1S/C59H72O33/c1-26(64)79-24-37-49(86-39(69)19-13-29-10-16-32(67)17-11-29)51(88-57-47(77)50(48(81-27(2)65)36(23-63)84-57)87-55-45(75)43(73)40(70)33(20-60)82-55)52(89-56-46(76)44(74)41(71)34(21-61)83-56)58(85-37)92-59(25-80-38(68)18-12-28-8-14-31(66)15-9-28)53(42(72)35(22-62)91-59)90-54(78)30-6-4-3-5-7-30/h3-19,33-37,40-53,55-58,60-63,66-67,70-77H,20-25H2,1-2H3/b18-12+,19-13+/t33-,34-,35-,36-,37-,40-,41-,42-,43+,44+,45-,46-,47-,48-,49-,50-,51+,52-,53-,55-,56+,57-,58-,59+/m1/s1. The zero-order valence-electron chi connectivity index (χ0n) is 48.9. The Morgan fingerprint density at radius 3 is 1.46 bits per heavy atom. The number of rotatable bonds is 24. The number of carbonyl (C=O) groups excluding carboxylic acids is 5. The quantitative estimate of drug-likeness (QED) is 0.0227. The van der Waals surface area contributed by atoms with Gasteiger partial charge < -0.3 is 138 Å². The molecule has 5 aliphatic heterocycles. The lowest BCUT2D eigenvalue weighted by atomic mass is 9.95. The number of phenolic OH excluding ortho intramolecular Hbond substituents is 2. The highest BCUT2D eigenvalue weighted by molar-refractivity contribution is 5.90. The molecule has 5 fully saturated rings. The van der Waals surface area contributed by atoms with Gasteiger partial charge in [-0.05, 0) is 59.7 Å². The summed E-state index contributed by atoms with van der Waals surface area (Å²) in [4.78, 5) is 67.7. The van der Waals surface area contributed by atoms with Crippen molar-refractivity contribution in [2.75, 3.05) is 39.6 Å². The first-order valence-electron chi connectivity index (χ1n) is 28.6. The maximum absolute atomic E-state index is 14.3. The molecular formula is C59H72O33. The summed E-state index contributed by atoms with van der Waals surface area (Å²) in [7, 11) is 0. The van der Waals surface area contributed by atoms with Crippen LogP contribution in [0.15, 0.2) is 91.0 Å². The van der Waals surface area contributed by atoms with Crippen molar-refractivity contribution >= 4 is 42.0 Å². The largest absolute Gasteiger partial charge is 0.508 e. The third-order valence-corrected chi connectivity index (χ3v) is 15.2. The van der Waals surface area contributed by atoms with Crippen molar-refractivity contribution < 1.29 is 162 Å². The second-order valence-corrected chi connectivity index (χ2v) is 21.6. The van der Waals surface area contributed by atoms with E-state index in [0.717, 1.165) is 26.0 Å². The van der Waals surface area contributed by atoms with Gasteiger partial charge in [0.25, 0.3) is 0 Å². The first kappa shape index (κ1) is 71.1. The molecule has 0 aliphatic carbocycles.